The summed E-state index contributed by atoms with van der Waals surface area (Å²) in [7, 11) is 0. The van der Waals surface area contributed by atoms with Gasteiger partial charge in [0.25, 0.3) is 0 Å². The molecule has 0 saturated carbocycles. The van der Waals surface area contributed by atoms with E-state index in [1.807, 2.05) is 20.8 Å². The molecule has 0 unspecified atom stereocenters. The second-order valence-corrected chi connectivity index (χ2v) is 3.72. The largest absolute Gasteiger partial charge is 0.478 e. The van der Waals surface area contributed by atoms with Crippen molar-refractivity contribution in [1.29, 1.82) is 0 Å². The van der Waals surface area contributed by atoms with E-state index in [1.54, 1.807) is 0 Å². The average Bonchev–Trinajstić information content (AvgIpc) is 2.34. The van der Waals surface area contributed by atoms with Crippen molar-refractivity contribution in [3.8, 4) is 5.88 Å². The van der Waals surface area contributed by atoms with Gasteiger partial charge in [0, 0.05) is 19.5 Å². The Hall–Kier alpha value is -1.85. The van der Waals surface area contributed by atoms with Crippen LogP contribution in [0.1, 0.15) is 25.8 Å². The van der Waals surface area contributed by atoms with Crippen molar-refractivity contribution in [3.05, 3.63) is 11.9 Å². The van der Waals surface area contributed by atoms with E-state index >= 15 is 0 Å². The highest BCUT2D eigenvalue weighted by Crippen LogP contribution is 2.19. The summed E-state index contributed by atoms with van der Waals surface area (Å²) in [6.45, 7) is 7.45. The lowest BCUT2D eigenvalue weighted by molar-refractivity contribution is -0.120. The molecule has 6 heteroatoms. The zero-order valence-corrected chi connectivity index (χ0v) is 11.1. The summed E-state index contributed by atoms with van der Waals surface area (Å²) >= 11 is 0. The highest BCUT2D eigenvalue weighted by molar-refractivity contribution is 5.76. The van der Waals surface area contributed by atoms with E-state index < -0.39 is 0 Å². The number of hydrogen-bond acceptors (Lipinski definition) is 5. The topological polar surface area (TPSA) is 76.1 Å². The Morgan fingerprint density at radius 3 is 2.83 bits per heavy atom. The maximum absolute atomic E-state index is 11.3. The Bertz CT molecular complexity index is 396. The van der Waals surface area contributed by atoms with E-state index in [0.717, 1.165) is 5.56 Å². The highest BCUT2D eigenvalue weighted by Gasteiger charge is 2.07. The molecule has 0 radical (unpaired) electrons. The third kappa shape index (κ3) is 4.20. The molecule has 1 aromatic heterocycles. The van der Waals surface area contributed by atoms with Crippen LogP contribution in [0.4, 0.5) is 5.82 Å². The Balaban J connectivity index is 2.52. The number of anilines is 1. The van der Waals surface area contributed by atoms with Gasteiger partial charge in [0.2, 0.25) is 11.8 Å². The van der Waals surface area contributed by atoms with Crippen LogP contribution in [0.25, 0.3) is 0 Å². The molecular formula is C12H20N4O2. The van der Waals surface area contributed by atoms with Crippen molar-refractivity contribution >= 4 is 11.7 Å². The average molecular weight is 252 g/mol. The second-order valence-electron chi connectivity index (χ2n) is 3.72. The van der Waals surface area contributed by atoms with Crippen LogP contribution in [-0.2, 0) is 4.79 Å². The molecule has 18 heavy (non-hydrogen) atoms. The monoisotopic (exact) mass is 252 g/mol. The lowest BCUT2D eigenvalue weighted by Crippen LogP contribution is -2.25. The SMILES string of the molecule is CCNC(=O)CCNc1ncnc(OCC)c1C. The maximum atomic E-state index is 11.3. The minimum Gasteiger partial charge on any atom is -0.478 e. The van der Waals surface area contributed by atoms with E-state index in [4.69, 9.17) is 4.74 Å². The molecule has 1 heterocycles. The number of rotatable bonds is 7. The van der Waals surface area contributed by atoms with Gasteiger partial charge < -0.3 is 15.4 Å². The van der Waals surface area contributed by atoms with Crippen LogP contribution < -0.4 is 15.4 Å². The van der Waals surface area contributed by atoms with Crippen LogP contribution in [0.2, 0.25) is 0 Å². The van der Waals surface area contributed by atoms with Gasteiger partial charge in [-0.2, -0.15) is 0 Å². The second kappa shape index (κ2) is 7.47. The summed E-state index contributed by atoms with van der Waals surface area (Å²) in [4.78, 5) is 19.5. The number of nitrogens with zero attached hydrogens (tertiary/aromatic N) is 2. The number of nitrogens with one attached hydrogen (secondary N) is 2. The molecular weight excluding hydrogens is 232 g/mol. The fraction of sp³-hybridized carbons (Fsp3) is 0.583. The fourth-order valence-corrected chi connectivity index (χ4v) is 1.47. The van der Waals surface area contributed by atoms with Gasteiger partial charge >= 0.3 is 0 Å². The first-order valence-electron chi connectivity index (χ1n) is 6.14. The van der Waals surface area contributed by atoms with E-state index in [1.165, 1.54) is 6.33 Å². The quantitative estimate of drug-likeness (QED) is 0.760. The Morgan fingerprint density at radius 2 is 2.17 bits per heavy atom. The summed E-state index contributed by atoms with van der Waals surface area (Å²) in [6, 6.07) is 0. The highest BCUT2D eigenvalue weighted by atomic mass is 16.5. The van der Waals surface area contributed by atoms with E-state index in [2.05, 4.69) is 20.6 Å². The minimum absolute atomic E-state index is 0.0294. The predicted octanol–water partition coefficient (Wildman–Crippen LogP) is 1.12. The van der Waals surface area contributed by atoms with Gasteiger partial charge in [-0.3, -0.25) is 4.79 Å². The molecule has 0 fully saturated rings. The zero-order valence-electron chi connectivity index (χ0n) is 11.1. The zero-order chi connectivity index (χ0) is 13.4. The number of carbonyl (C=O) groups excluding carboxylic acids is 1. The first kappa shape index (κ1) is 14.2. The summed E-state index contributed by atoms with van der Waals surface area (Å²) in [5, 5.41) is 5.85. The fourth-order valence-electron chi connectivity index (χ4n) is 1.47. The van der Waals surface area contributed by atoms with Crippen LogP contribution in [0.3, 0.4) is 0 Å². The Kier molecular flexibility index (Phi) is 5.90. The van der Waals surface area contributed by atoms with Gasteiger partial charge in [0.15, 0.2) is 0 Å². The lowest BCUT2D eigenvalue weighted by atomic mass is 10.3. The van der Waals surface area contributed by atoms with Gasteiger partial charge in [0.1, 0.15) is 12.1 Å². The van der Waals surface area contributed by atoms with Gasteiger partial charge in [-0.05, 0) is 20.8 Å². The van der Waals surface area contributed by atoms with E-state index in [0.29, 0.717) is 37.8 Å². The molecule has 0 bridgehead atoms. The van der Waals surface area contributed by atoms with Crippen molar-refractivity contribution in [3.63, 3.8) is 0 Å². The Labute approximate surface area is 107 Å². The molecule has 0 aromatic carbocycles. The molecule has 1 aromatic rings. The molecule has 1 rings (SSSR count). The standard InChI is InChI=1S/C12H20N4O2/c1-4-13-10(17)6-7-14-11-9(3)12(18-5-2)16-8-15-11/h8H,4-7H2,1-3H3,(H,13,17)(H,14,15,16). The molecule has 0 aliphatic rings. The van der Waals surface area contributed by atoms with Crippen LogP contribution in [0.5, 0.6) is 5.88 Å². The normalized spacial score (nSPS) is 9.94. The van der Waals surface area contributed by atoms with Crippen LogP contribution >= 0.6 is 0 Å². The van der Waals surface area contributed by atoms with E-state index in [9.17, 15) is 4.79 Å². The first-order valence-corrected chi connectivity index (χ1v) is 6.14. The smallest absolute Gasteiger partial charge is 0.221 e. The summed E-state index contributed by atoms with van der Waals surface area (Å²) in [6.07, 6.45) is 1.87. The number of hydrogen-bond donors (Lipinski definition) is 2. The summed E-state index contributed by atoms with van der Waals surface area (Å²) in [5.41, 5.74) is 0.857. The molecule has 0 saturated heterocycles. The van der Waals surface area contributed by atoms with Crippen molar-refractivity contribution < 1.29 is 9.53 Å². The van der Waals surface area contributed by atoms with Crippen LogP contribution in [0.15, 0.2) is 6.33 Å². The summed E-state index contributed by atoms with van der Waals surface area (Å²) in [5.74, 6) is 1.31. The molecule has 0 atom stereocenters. The van der Waals surface area contributed by atoms with Crippen molar-refractivity contribution in [2.45, 2.75) is 27.2 Å². The number of carbonyl (C=O) groups is 1. The first-order chi connectivity index (χ1) is 8.69. The predicted molar refractivity (Wildman–Crippen MR) is 69.7 cm³/mol. The maximum Gasteiger partial charge on any atom is 0.221 e. The van der Waals surface area contributed by atoms with Gasteiger partial charge in [-0.25, -0.2) is 9.97 Å². The van der Waals surface area contributed by atoms with Crippen molar-refractivity contribution in [2.75, 3.05) is 25.0 Å². The van der Waals surface area contributed by atoms with E-state index in [-0.39, 0.29) is 5.91 Å². The van der Waals surface area contributed by atoms with Crippen molar-refractivity contribution in [1.82, 2.24) is 15.3 Å². The molecule has 0 aliphatic heterocycles. The molecule has 1 amide bonds. The number of amides is 1. The molecule has 100 valence electrons. The number of ether oxygens (including phenoxy) is 1. The van der Waals surface area contributed by atoms with Crippen LogP contribution in [0, 0.1) is 6.92 Å². The molecule has 2 N–H and O–H groups in total. The third-order valence-electron chi connectivity index (χ3n) is 2.34. The third-order valence-corrected chi connectivity index (χ3v) is 2.34. The minimum atomic E-state index is 0.0294. The molecule has 0 aliphatic carbocycles. The lowest BCUT2D eigenvalue weighted by Gasteiger charge is -2.11. The van der Waals surface area contributed by atoms with Crippen molar-refractivity contribution in [2.24, 2.45) is 0 Å². The summed E-state index contributed by atoms with van der Waals surface area (Å²) < 4.78 is 5.37. The molecule has 6 nitrogen and oxygen atoms in total. The Morgan fingerprint density at radius 1 is 1.39 bits per heavy atom. The number of aromatic nitrogens is 2. The van der Waals surface area contributed by atoms with Crippen LogP contribution in [-0.4, -0.2) is 35.6 Å². The molecule has 0 spiro atoms. The van der Waals surface area contributed by atoms with Gasteiger partial charge in [-0.15, -0.1) is 0 Å². The van der Waals surface area contributed by atoms with Gasteiger partial charge in [-0.1, -0.05) is 0 Å². The van der Waals surface area contributed by atoms with Gasteiger partial charge in [0.05, 0.1) is 12.2 Å².